The maximum absolute atomic E-state index is 13.0. The maximum Gasteiger partial charge on any atom is 0.340 e. The highest BCUT2D eigenvalue weighted by Crippen LogP contribution is 2.31. The molecular weight excluding hydrogens is 450 g/mol. The number of nitrogens with zero attached hydrogens (tertiary/aromatic N) is 1. The molecule has 172 valence electrons. The monoisotopic (exact) mass is 477 g/mol. The SMILES string of the molecule is Cc1cccc(Cl)c1S(=O)(=O)Oc1cccc(CN(C[C@H]2CCCO2)C(=O)C2CCC2)c1. The average Bonchev–Trinajstić information content (AvgIpc) is 3.19. The van der Waals surface area contributed by atoms with E-state index in [9.17, 15) is 13.2 Å². The van der Waals surface area contributed by atoms with Crippen LogP contribution in [0.2, 0.25) is 5.02 Å². The average molecular weight is 478 g/mol. The van der Waals surface area contributed by atoms with Gasteiger partial charge in [0.15, 0.2) is 0 Å². The molecule has 8 heteroatoms. The number of carbonyl (C=O) groups excluding carboxylic acids is 1. The zero-order chi connectivity index (χ0) is 22.7. The Balaban J connectivity index is 1.52. The molecule has 1 saturated heterocycles. The molecule has 0 bridgehead atoms. The van der Waals surface area contributed by atoms with Crippen molar-refractivity contribution in [3.05, 3.63) is 58.6 Å². The quantitative estimate of drug-likeness (QED) is 0.514. The Bertz CT molecular complexity index is 1060. The molecule has 0 aromatic heterocycles. The van der Waals surface area contributed by atoms with Gasteiger partial charge in [-0.15, -0.1) is 0 Å². The summed E-state index contributed by atoms with van der Waals surface area (Å²) in [6.07, 6.45) is 4.97. The summed E-state index contributed by atoms with van der Waals surface area (Å²) in [5, 5.41) is 0.120. The van der Waals surface area contributed by atoms with Crippen molar-refractivity contribution in [1.82, 2.24) is 4.90 Å². The molecule has 1 aliphatic heterocycles. The molecule has 2 aromatic rings. The van der Waals surface area contributed by atoms with E-state index in [-0.39, 0.29) is 33.6 Å². The van der Waals surface area contributed by atoms with Crippen molar-refractivity contribution in [2.75, 3.05) is 13.2 Å². The van der Waals surface area contributed by atoms with Gasteiger partial charge in [0.1, 0.15) is 10.6 Å². The number of ether oxygens (including phenoxy) is 1. The van der Waals surface area contributed by atoms with E-state index in [0.29, 0.717) is 18.7 Å². The van der Waals surface area contributed by atoms with E-state index in [4.69, 9.17) is 20.5 Å². The van der Waals surface area contributed by atoms with Crippen LogP contribution >= 0.6 is 11.6 Å². The molecule has 6 nitrogen and oxygen atoms in total. The zero-order valence-electron chi connectivity index (χ0n) is 18.1. The third kappa shape index (κ3) is 5.27. The number of amides is 1. The van der Waals surface area contributed by atoms with Gasteiger partial charge < -0.3 is 13.8 Å². The minimum absolute atomic E-state index is 0.0350. The van der Waals surface area contributed by atoms with Gasteiger partial charge >= 0.3 is 10.1 Å². The van der Waals surface area contributed by atoms with Crippen LogP contribution in [-0.4, -0.2) is 38.5 Å². The molecule has 2 fully saturated rings. The van der Waals surface area contributed by atoms with Crippen LogP contribution in [0, 0.1) is 12.8 Å². The van der Waals surface area contributed by atoms with Crippen LogP contribution < -0.4 is 4.18 Å². The van der Waals surface area contributed by atoms with E-state index in [2.05, 4.69) is 0 Å². The van der Waals surface area contributed by atoms with E-state index in [1.165, 1.54) is 6.07 Å². The number of halogens is 1. The molecule has 1 amide bonds. The number of aryl methyl sites for hydroxylation is 1. The first-order valence-electron chi connectivity index (χ1n) is 11.0. The summed E-state index contributed by atoms with van der Waals surface area (Å²) in [5.74, 6) is 0.423. The molecular formula is C24H28ClNO5S. The van der Waals surface area contributed by atoms with E-state index in [0.717, 1.165) is 44.3 Å². The van der Waals surface area contributed by atoms with Gasteiger partial charge in [0.2, 0.25) is 5.91 Å². The van der Waals surface area contributed by atoms with E-state index in [1.807, 2.05) is 11.0 Å². The van der Waals surface area contributed by atoms with Gasteiger partial charge in [-0.05, 0) is 61.9 Å². The van der Waals surface area contributed by atoms with Crippen LogP contribution in [0.25, 0.3) is 0 Å². The fourth-order valence-electron chi connectivity index (χ4n) is 4.20. The first-order valence-corrected chi connectivity index (χ1v) is 12.8. The molecule has 0 N–H and O–H groups in total. The second-order valence-corrected chi connectivity index (χ2v) is 10.4. The highest BCUT2D eigenvalue weighted by molar-refractivity contribution is 7.87. The van der Waals surface area contributed by atoms with Crippen molar-refractivity contribution in [3.63, 3.8) is 0 Å². The second kappa shape index (κ2) is 9.81. The number of rotatable bonds is 8. The lowest BCUT2D eigenvalue weighted by Gasteiger charge is -2.33. The fourth-order valence-corrected chi connectivity index (χ4v) is 5.91. The number of carbonyl (C=O) groups is 1. The van der Waals surface area contributed by atoms with Crippen molar-refractivity contribution >= 4 is 27.6 Å². The van der Waals surface area contributed by atoms with Crippen LogP contribution in [0.5, 0.6) is 5.75 Å². The summed E-state index contributed by atoms with van der Waals surface area (Å²) in [6.45, 7) is 3.35. The highest BCUT2D eigenvalue weighted by Gasteiger charge is 2.31. The lowest BCUT2D eigenvalue weighted by molar-refractivity contribution is -0.140. The Kier molecular flexibility index (Phi) is 7.08. The van der Waals surface area contributed by atoms with Gasteiger partial charge in [-0.1, -0.05) is 42.3 Å². The molecule has 32 heavy (non-hydrogen) atoms. The normalized spacial score (nSPS) is 18.9. The Morgan fingerprint density at radius 2 is 1.94 bits per heavy atom. The number of benzene rings is 2. The number of hydrogen-bond acceptors (Lipinski definition) is 5. The van der Waals surface area contributed by atoms with E-state index < -0.39 is 10.1 Å². The number of hydrogen-bond donors (Lipinski definition) is 0. The predicted octanol–water partition coefficient (Wildman–Crippen LogP) is 4.72. The van der Waals surface area contributed by atoms with Crippen LogP contribution in [0.1, 0.15) is 43.2 Å². The molecule has 1 saturated carbocycles. The lowest BCUT2D eigenvalue weighted by atomic mass is 9.84. The smallest absolute Gasteiger partial charge is 0.340 e. The van der Waals surface area contributed by atoms with Crippen LogP contribution in [0.4, 0.5) is 0 Å². The van der Waals surface area contributed by atoms with Gasteiger partial charge in [0, 0.05) is 25.6 Å². The van der Waals surface area contributed by atoms with Gasteiger partial charge in [0.25, 0.3) is 0 Å². The molecule has 0 unspecified atom stereocenters. The Labute approximate surface area is 194 Å². The molecule has 4 rings (SSSR count). The summed E-state index contributed by atoms with van der Waals surface area (Å²) in [6, 6.07) is 11.8. The first kappa shape index (κ1) is 23.1. The second-order valence-electron chi connectivity index (χ2n) is 8.55. The summed E-state index contributed by atoms with van der Waals surface area (Å²) in [4.78, 5) is 14.8. The van der Waals surface area contributed by atoms with Crippen LogP contribution in [-0.2, 0) is 26.2 Å². The van der Waals surface area contributed by atoms with Gasteiger partial charge in [0.05, 0.1) is 11.1 Å². The zero-order valence-corrected chi connectivity index (χ0v) is 19.7. The van der Waals surface area contributed by atoms with E-state index >= 15 is 0 Å². The largest absolute Gasteiger partial charge is 0.379 e. The molecule has 1 aliphatic carbocycles. The minimum atomic E-state index is -4.10. The maximum atomic E-state index is 13.0. The summed E-state index contributed by atoms with van der Waals surface area (Å²) in [7, 11) is -4.10. The summed E-state index contributed by atoms with van der Waals surface area (Å²) >= 11 is 6.13. The van der Waals surface area contributed by atoms with Crippen molar-refractivity contribution in [1.29, 1.82) is 0 Å². The molecule has 2 aliphatic rings. The van der Waals surface area contributed by atoms with Gasteiger partial charge in [-0.25, -0.2) is 0 Å². The van der Waals surface area contributed by atoms with Crippen LogP contribution in [0.3, 0.4) is 0 Å². The molecule has 0 radical (unpaired) electrons. The Morgan fingerprint density at radius 3 is 2.59 bits per heavy atom. The minimum Gasteiger partial charge on any atom is -0.379 e. The molecule has 1 atom stereocenters. The standard InChI is InChI=1S/C24H28ClNO5S/c1-17-6-2-12-22(25)23(17)32(28,29)31-20-10-3-7-18(14-20)15-26(16-21-11-5-13-30-21)24(27)19-8-4-9-19/h2-3,6-7,10,12,14,19,21H,4-5,8-9,11,13,15-16H2,1H3/t21-/m1/s1. The van der Waals surface area contributed by atoms with Crippen LogP contribution in [0.15, 0.2) is 47.4 Å². The third-order valence-corrected chi connectivity index (χ3v) is 7.99. The predicted molar refractivity (Wildman–Crippen MR) is 122 cm³/mol. The lowest BCUT2D eigenvalue weighted by Crippen LogP contribution is -2.42. The van der Waals surface area contributed by atoms with Crippen molar-refractivity contribution in [2.45, 2.75) is 56.6 Å². The third-order valence-electron chi connectivity index (χ3n) is 6.11. The topological polar surface area (TPSA) is 72.9 Å². The molecule has 2 aromatic carbocycles. The summed E-state index contributed by atoms with van der Waals surface area (Å²) < 4.78 is 36.9. The van der Waals surface area contributed by atoms with Crippen molar-refractivity contribution in [3.8, 4) is 5.75 Å². The summed E-state index contributed by atoms with van der Waals surface area (Å²) in [5.41, 5.74) is 1.32. The van der Waals surface area contributed by atoms with Crippen molar-refractivity contribution in [2.24, 2.45) is 5.92 Å². The first-order chi connectivity index (χ1) is 15.3. The Morgan fingerprint density at radius 1 is 1.16 bits per heavy atom. The fraction of sp³-hybridized carbons (Fsp3) is 0.458. The van der Waals surface area contributed by atoms with E-state index in [1.54, 1.807) is 37.3 Å². The van der Waals surface area contributed by atoms with Gasteiger partial charge in [-0.3, -0.25) is 4.79 Å². The molecule has 0 spiro atoms. The Hall–Kier alpha value is -2.09. The highest BCUT2D eigenvalue weighted by atomic mass is 35.5. The molecule has 1 heterocycles. The van der Waals surface area contributed by atoms with Gasteiger partial charge in [-0.2, -0.15) is 8.42 Å². The van der Waals surface area contributed by atoms with Crippen molar-refractivity contribution < 1.29 is 22.1 Å².